The van der Waals surface area contributed by atoms with Crippen LogP contribution < -0.4 is 9.80 Å². The molecule has 2 aliphatic rings. The van der Waals surface area contributed by atoms with Crippen molar-refractivity contribution in [1.29, 1.82) is 0 Å². The molecule has 2 heterocycles. The van der Waals surface area contributed by atoms with Crippen LogP contribution in [0.1, 0.15) is 22.3 Å². The van der Waals surface area contributed by atoms with E-state index in [1.54, 1.807) is 0 Å². The number of benzene rings is 8. The molecular weight excluding hydrogens is 649 g/mol. The van der Waals surface area contributed by atoms with E-state index < -0.39 is 5.41 Å². The topological polar surface area (TPSA) is 6.48 Å². The highest BCUT2D eigenvalue weighted by Crippen LogP contribution is 2.65. The summed E-state index contributed by atoms with van der Waals surface area (Å²) < 4.78 is 2.61. The van der Waals surface area contributed by atoms with E-state index in [1.807, 2.05) is 11.3 Å². The second-order valence-corrected chi connectivity index (χ2v) is 14.8. The van der Waals surface area contributed by atoms with Crippen molar-refractivity contribution in [3.63, 3.8) is 0 Å². The van der Waals surface area contributed by atoms with Crippen molar-refractivity contribution >= 4 is 65.6 Å². The Balaban J connectivity index is 1.20. The van der Waals surface area contributed by atoms with Crippen molar-refractivity contribution in [1.82, 2.24) is 0 Å². The van der Waals surface area contributed by atoms with E-state index in [-0.39, 0.29) is 0 Å². The number of thiophene rings is 1. The number of anilines is 6. The van der Waals surface area contributed by atoms with Crippen LogP contribution >= 0.6 is 11.3 Å². The van der Waals surface area contributed by atoms with Crippen molar-refractivity contribution in [3.8, 4) is 11.1 Å². The molecule has 1 atom stereocenters. The van der Waals surface area contributed by atoms with Gasteiger partial charge in [-0.1, -0.05) is 127 Å². The molecule has 52 heavy (non-hydrogen) atoms. The van der Waals surface area contributed by atoms with Crippen LogP contribution in [0.5, 0.6) is 0 Å². The molecule has 244 valence electrons. The predicted molar refractivity (Wildman–Crippen MR) is 220 cm³/mol. The van der Waals surface area contributed by atoms with Crippen LogP contribution in [-0.4, -0.2) is 0 Å². The predicted octanol–water partition coefficient (Wildman–Crippen LogP) is 13.7. The first-order valence-electron chi connectivity index (χ1n) is 17.9. The van der Waals surface area contributed by atoms with Crippen molar-refractivity contribution in [2.75, 3.05) is 9.80 Å². The van der Waals surface area contributed by atoms with Gasteiger partial charge in [0.1, 0.15) is 0 Å². The third kappa shape index (κ3) is 4.06. The molecule has 2 nitrogen and oxygen atoms in total. The van der Waals surface area contributed by atoms with Gasteiger partial charge >= 0.3 is 0 Å². The Morgan fingerprint density at radius 1 is 0.423 bits per heavy atom. The molecule has 3 heteroatoms. The van der Waals surface area contributed by atoms with Gasteiger partial charge in [-0.3, -0.25) is 0 Å². The quantitative estimate of drug-likeness (QED) is 0.179. The molecule has 9 aromatic rings. The van der Waals surface area contributed by atoms with Crippen molar-refractivity contribution in [2.24, 2.45) is 0 Å². The largest absolute Gasteiger partial charge is 0.310 e. The molecular formula is C49H32N2S. The number of para-hydroxylation sites is 3. The molecule has 0 fully saturated rings. The highest BCUT2D eigenvalue weighted by atomic mass is 32.1. The SMILES string of the molecule is c1ccc(N(c2ccc3c(c2)C2(c4ccccc4)c4ccccc4N(c4ccccc4)c4cccc-3c42)c2ccc3c(c2)sc2ccccc23)cc1. The molecule has 0 spiro atoms. The molecule has 0 saturated heterocycles. The first-order chi connectivity index (χ1) is 25.8. The van der Waals surface area contributed by atoms with Crippen LogP contribution in [0.4, 0.5) is 34.1 Å². The number of fused-ring (bicyclic) bond motifs is 8. The molecule has 11 rings (SSSR count). The summed E-state index contributed by atoms with van der Waals surface area (Å²) in [5.74, 6) is 0. The van der Waals surface area contributed by atoms with Crippen molar-refractivity contribution < 1.29 is 0 Å². The van der Waals surface area contributed by atoms with Gasteiger partial charge in [-0.2, -0.15) is 0 Å². The normalized spacial score (nSPS) is 15.3. The van der Waals surface area contributed by atoms with Crippen molar-refractivity contribution in [3.05, 3.63) is 216 Å². The smallest absolute Gasteiger partial charge is 0.0755 e. The minimum Gasteiger partial charge on any atom is -0.310 e. The zero-order valence-corrected chi connectivity index (χ0v) is 29.1. The zero-order valence-electron chi connectivity index (χ0n) is 28.3. The summed E-state index contributed by atoms with van der Waals surface area (Å²) in [5, 5.41) is 2.62. The van der Waals surface area contributed by atoms with E-state index in [1.165, 1.54) is 64.9 Å². The Kier molecular flexibility index (Phi) is 6.37. The van der Waals surface area contributed by atoms with E-state index in [0.29, 0.717) is 0 Å². The molecule has 0 radical (unpaired) electrons. The fraction of sp³-hybridized carbons (Fsp3) is 0.0204. The van der Waals surface area contributed by atoms with E-state index in [0.717, 1.165) is 22.7 Å². The minimum absolute atomic E-state index is 0.516. The molecule has 8 aromatic carbocycles. The van der Waals surface area contributed by atoms with Gasteiger partial charge in [-0.25, -0.2) is 0 Å². The first kappa shape index (κ1) is 29.3. The standard InChI is InChI=1S/C49H32N2S/c1-4-15-33(16-5-1)49-42-23-11-12-24-44(42)51(35-19-8-3-9-20-35)45-25-14-22-41(48(45)49)38-29-27-36(31-43(38)49)50(34-17-6-2-7-18-34)37-28-30-40-39-21-10-13-26-46(39)52-47(40)32-37/h1-32H. The Hall–Kier alpha value is -6.42. The average Bonchev–Trinajstić information content (AvgIpc) is 3.73. The summed E-state index contributed by atoms with van der Waals surface area (Å²) in [6, 6.07) is 71.5. The van der Waals surface area contributed by atoms with Crippen LogP contribution in [0.25, 0.3) is 31.3 Å². The lowest BCUT2D eigenvalue weighted by Gasteiger charge is -2.44. The van der Waals surface area contributed by atoms with Crippen LogP contribution in [0.3, 0.4) is 0 Å². The van der Waals surface area contributed by atoms with E-state index in [4.69, 9.17) is 0 Å². The van der Waals surface area contributed by atoms with E-state index in [9.17, 15) is 0 Å². The maximum atomic E-state index is 2.48. The van der Waals surface area contributed by atoms with Gasteiger partial charge in [0, 0.05) is 48.5 Å². The highest BCUT2D eigenvalue weighted by Gasteiger charge is 2.52. The van der Waals surface area contributed by atoms with Gasteiger partial charge in [-0.15, -0.1) is 11.3 Å². The van der Waals surface area contributed by atoms with Gasteiger partial charge in [0.05, 0.1) is 16.8 Å². The molecule has 1 unspecified atom stereocenters. The van der Waals surface area contributed by atoms with Crippen LogP contribution in [0.15, 0.2) is 194 Å². The number of hydrogen-bond acceptors (Lipinski definition) is 3. The van der Waals surface area contributed by atoms with Gasteiger partial charge in [0.15, 0.2) is 0 Å². The molecule has 0 N–H and O–H groups in total. The first-order valence-corrected chi connectivity index (χ1v) is 18.7. The maximum absolute atomic E-state index is 2.48. The lowest BCUT2D eigenvalue weighted by molar-refractivity contribution is 0.753. The van der Waals surface area contributed by atoms with Gasteiger partial charge in [-0.05, 0) is 94.5 Å². The summed E-state index contributed by atoms with van der Waals surface area (Å²) in [4.78, 5) is 4.89. The maximum Gasteiger partial charge on any atom is 0.0755 e. The van der Waals surface area contributed by atoms with E-state index in [2.05, 4.69) is 204 Å². The minimum atomic E-state index is -0.516. The molecule has 0 saturated carbocycles. The molecule has 0 bridgehead atoms. The molecule has 1 aromatic heterocycles. The Labute approximate surface area is 307 Å². The summed E-state index contributed by atoms with van der Waals surface area (Å²) in [6.07, 6.45) is 0. The van der Waals surface area contributed by atoms with Gasteiger partial charge in [0.25, 0.3) is 0 Å². The Bertz CT molecular complexity index is 2810. The van der Waals surface area contributed by atoms with Crippen molar-refractivity contribution in [2.45, 2.75) is 5.41 Å². The Morgan fingerprint density at radius 2 is 1.08 bits per heavy atom. The van der Waals surface area contributed by atoms with Gasteiger partial charge < -0.3 is 9.80 Å². The van der Waals surface area contributed by atoms with Gasteiger partial charge in [0.2, 0.25) is 0 Å². The number of hydrogen-bond donors (Lipinski definition) is 0. The third-order valence-electron chi connectivity index (χ3n) is 11.0. The number of nitrogens with zero attached hydrogens (tertiary/aromatic N) is 2. The fourth-order valence-corrected chi connectivity index (χ4v) is 10.1. The molecule has 1 aliphatic carbocycles. The van der Waals surface area contributed by atoms with Crippen LogP contribution in [0.2, 0.25) is 0 Å². The number of rotatable bonds is 5. The summed E-state index contributed by atoms with van der Waals surface area (Å²) >= 11 is 1.86. The van der Waals surface area contributed by atoms with Crippen LogP contribution in [0, 0.1) is 0 Å². The summed E-state index contributed by atoms with van der Waals surface area (Å²) in [7, 11) is 0. The zero-order chi connectivity index (χ0) is 34.2. The molecule has 0 amide bonds. The second kappa shape index (κ2) is 11.3. The highest BCUT2D eigenvalue weighted by molar-refractivity contribution is 7.25. The van der Waals surface area contributed by atoms with E-state index >= 15 is 0 Å². The lowest BCUT2D eigenvalue weighted by atomic mass is 9.65. The van der Waals surface area contributed by atoms with Crippen LogP contribution in [-0.2, 0) is 5.41 Å². The second-order valence-electron chi connectivity index (χ2n) is 13.7. The third-order valence-corrected chi connectivity index (χ3v) is 12.2. The monoisotopic (exact) mass is 680 g/mol. The summed E-state index contributed by atoms with van der Waals surface area (Å²) in [6.45, 7) is 0. The fourth-order valence-electron chi connectivity index (χ4n) is 8.97. The average molecular weight is 681 g/mol. The molecule has 1 aliphatic heterocycles. The Morgan fingerprint density at radius 3 is 1.92 bits per heavy atom. The lowest BCUT2D eigenvalue weighted by Crippen LogP contribution is -2.36. The summed E-state index contributed by atoms with van der Waals surface area (Å²) in [5.41, 5.74) is 14.3.